The fraction of sp³-hybridized carbons (Fsp3) is 0.350. The average molecular weight is 465 g/mol. The molecule has 170 valence electrons. The van der Waals surface area contributed by atoms with E-state index >= 15 is 0 Å². The molecule has 1 amide bonds. The summed E-state index contributed by atoms with van der Waals surface area (Å²) in [6, 6.07) is 7.50. The van der Waals surface area contributed by atoms with E-state index in [4.69, 9.17) is 4.74 Å². The lowest BCUT2D eigenvalue weighted by atomic mass is 10.0. The van der Waals surface area contributed by atoms with Crippen LogP contribution in [0.5, 0.6) is 0 Å². The van der Waals surface area contributed by atoms with Crippen molar-refractivity contribution in [1.29, 1.82) is 0 Å². The summed E-state index contributed by atoms with van der Waals surface area (Å²) in [5.74, 6) is -1.49. The van der Waals surface area contributed by atoms with E-state index < -0.39 is 54.2 Å². The van der Waals surface area contributed by atoms with Gasteiger partial charge in [-0.3, -0.25) is 19.1 Å². The van der Waals surface area contributed by atoms with Crippen LogP contribution in [0.25, 0.3) is 10.1 Å². The fourth-order valence-corrected chi connectivity index (χ4v) is 4.54. The van der Waals surface area contributed by atoms with Gasteiger partial charge in [-0.05, 0) is 17.5 Å². The first-order chi connectivity index (χ1) is 15.3. The number of ether oxygens (including phenoxy) is 1. The van der Waals surface area contributed by atoms with Crippen LogP contribution in [-0.2, 0) is 14.5 Å². The Kier molecular flexibility index (Phi) is 6.22. The van der Waals surface area contributed by atoms with Crippen LogP contribution in [0.2, 0.25) is 0 Å². The maximum absolute atomic E-state index is 13.1. The van der Waals surface area contributed by atoms with E-state index in [-0.39, 0.29) is 5.56 Å². The smallest absolute Gasteiger partial charge is 0.330 e. The first-order valence-electron chi connectivity index (χ1n) is 9.70. The summed E-state index contributed by atoms with van der Waals surface area (Å²) < 4.78 is 20.2. The van der Waals surface area contributed by atoms with Gasteiger partial charge in [0.25, 0.3) is 5.56 Å². The Bertz CT molecular complexity index is 1260. The van der Waals surface area contributed by atoms with Crippen LogP contribution in [0.3, 0.4) is 0 Å². The molecule has 1 fully saturated rings. The highest BCUT2D eigenvalue weighted by atomic mass is 32.1. The Hall–Kier alpha value is -2.90. The molecule has 12 heteroatoms. The van der Waals surface area contributed by atoms with Crippen LogP contribution in [-0.4, -0.2) is 50.6 Å². The van der Waals surface area contributed by atoms with Crippen molar-refractivity contribution >= 4 is 33.0 Å². The number of aliphatic hydroxyl groups excluding tert-OH is 2. The van der Waals surface area contributed by atoms with E-state index in [0.717, 1.165) is 20.9 Å². The molecule has 4 rings (SSSR count). The number of rotatable bonds is 6. The maximum atomic E-state index is 13.1. The number of aromatic nitrogens is 2. The zero-order valence-electron chi connectivity index (χ0n) is 16.7. The molecule has 1 aliphatic heterocycles. The number of nitrogens with one attached hydrogen (secondary N) is 2. The highest BCUT2D eigenvalue weighted by Crippen LogP contribution is 2.32. The molecule has 1 aromatic carbocycles. The van der Waals surface area contributed by atoms with E-state index in [2.05, 4.69) is 15.2 Å². The second-order valence-electron chi connectivity index (χ2n) is 7.40. The lowest BCUT2D eigenvalue weighted by Crippen LogP contribution is -2.40. The molecule has 1 saturated heterocycles. The SMILES string of the molecule is CC(C(=O)Nc1csc2ccccc12)c1cn([C@@H]2O[C@H](CO)[C@H](O)[C@H]2OF)c(=O)[nH]c1=O. The van der Waals surface area contributed by atoms with Gasteiger partial charge in [0, 0.05) is 27.2 Å². The standard InChI is InChI=1S/C20H20FN3O7S/c1-9(17(27)22-12-8-32-14-5-3-2-4-10(12)14)11-6-24(20(29)23-18(11)28)19-16(31-21)15(26)13(7-25)30-19/h2-6,8-9,13,15-16,19,25-26H,7H2,1H3,(H,22,27)(H,23,28,29)/t9?,13-,15+,16-,19-/m1/s1. The van der Waals surface area contributed by atoms with E-state index in [1.165, 1.54) is 18.3 Å². The molecule has 0 spiro atoms. The van der Waals surface area contributed by atoms with Crippen molar-refractivity contribution in [2.75, 3.05) is 11.9 Å². The molecule has 4 N–H and O–H groups in total. The average Bonchev–Trinajstić information content (AvgIpc) is 3.33. The van der Waals surface area contributed by atoms with Crippen molar-refractivity contribution in [3.63, 3.8) is 0 Å². The molecule has 5 atom stereocenters. The number of H-pyrrole nitrogens is 1. The number of carbonyl (C=O) groups excluding carboxylic acids is 1. The highest BCUT2D eigenvalue weighted by Gasteiger charge is 2.47. The maximum Gasteiger partial charge on any atom is 0.330 e. The minimum Gasteiger partial charge on any atom is -0.394 e. The second-order valence-corrected chi connectivity index (χ2v) is 8.31. The summed E-state index contributed by atoms with van der Waals surface area (Å²) in [6.07, 6.45) is -4.77. The molecule has 1 aliphatic rings. The number of aromatic amines is 1. The number of thiophene rings is 1. The molecule has 3 aromatic rings. The number of nitrogens with zero attached hydrogens (tertiary/aromatic N) is 1. The molecule has 1 unspecified atom stereocenters. The summed E-state index contributed by atoms with van der Waals surface area (Å²) in [5, 5.41) is 24.7. The van der Waals surface area contributed by atoms with Gasteiger partial charge in [-0.25, -0.2) is 4.79 Å². The minimum atomic E-state index is -1.62. The summed E-state index contributed by atoms with van der Waals surface area (Å²) in [6.45, 7) is 0.837. The molecule has 0 radical (unpaired) electrons. The molecule has 32 heavy (non-hydrogen) atoms. The number of fused-ring (bicyclic) bond motifs is 1. The van der Waals surface area contributed by atoms with Crippen molar-refractivity contribution in [3.05, 3.63) is 62.2 Å². The predicted molar refractivity (Wildman–Crippen MR) is 113 cm³/mol. The number of amides is 1. The first kappa shape index (κ1) is 22.3. The van der Waals surface area contributed by atoms with Crippen molar-refractivity contribution in [2.24, 2.45) is 0 Å². The van der Waals surface area contributed by atoms with Crippen LogP contribution in [0.15, 0.2) is 45.4 Å². The largest absolute Gasteiger partial charge is 0.394 e. The number of aliphatic hydroxyl groups is 2. The van der Waals surface area contributed by atoms with Gasteiger partial charge < -0.3 is 20.3 Å². The van der Waals surface area contributed by atoms with Gasteiger partial charge in [-0.1, -0.05) is 18.2 Å². The first-order valence-corrected chi connectivity index (χ1v) is 10.6. The third-order valence-electron chi connectivity index (χ3n) is 5.46. The molecular formula is C20H20FN3O7S. The Morgan fingerprint density at radius 2 is 2.16 bits per heavy atom. The van der Waals surface area contributed by atoms with Gasteiger partial charge in [0.1, 0.15) is 12.2 Å². The van der Waals surface area contributed by atoms with Crippen molar-refractivity contribution < 1.29 is 29.2 Å². The molecule has 0 aliphatic carbocycles. The van der Waals surface area contributed by atoms with Crippen LogP contribution >= 0.6 is 11.3 Å². The number of benzene rings is 1. The summed E-state index contributed by atoms with van der Waals surface area (Å²) in [4.78, 5) is 43.4. The van der Waals surface area contributed by atoms with Gasteiger partial charge in [0.2, 0.25) is 5.91 Å². The Balaban J connectivity index is 1.64. The van der Waals surface area contributed by atoms with E-state index in [9.17, 15) is 29.1 Å². The topological polar surface area (TPSA) is 143 Å². The molecule has 0 saturated carbocycles. The van der Waals surface area contributed by atoms with E-state index in [1.807, 2.05) is 24.3 Å². The number of hydrogen-bond donors (Lipinski definition) is 4. The fourth-order valence-electron chi connectivity index (χ4n) is 3.64. The second kappa shape index (κ2) is 8.92. The van der Waals surface area contributed by atoms with Crippen molar-refractivity contribution in [1.82, 2.24) is 9.55 Å². The zero-order valence-corrected chi connectivity index (χ0v) is 17.5. The monoisotopic (exact) mass is 465 g/mol. The van der Waals surface area contributed by atoms with Crippen LogP contribution in [0.4, 0.5) is 10.2 Å². The van der Waals surface area contributed by atoms with Gasteiger partial charge in [-0.15, -0.1) is 11.3 Å². The third-order valence-corrected chi connectivity index (χ3v) is 6.43. The summed E-state index contributed by atoms with van der Waals surface area (Å²) in [7, 11) is 0. The number of hydrogen-bond acceptors (Lipinski definition) is 8. The van der Waals surface area contributed by atoms with Gasteiger partial charge in [-0.2, -0.15) is 4.94 Å². The highest BCUT2D eigenvalue weighted by molar-refractivity contribution is 7.17. The lowest BCUT2D eigenvalue weighted by molar-refractivity contribution is -0.221. The lowest BCUT2D eigenvalue weighted by Gasteiger charge is -2.20. The quantitative estimate of drug-likeness (QED) is 0.426. The summed E-state index contributed by atoms with van der Waals surface area (Å²) >= 11 is 1.45. The minimum absolute atomic E-state index is 0.0789. The number of carbonyl (C=O) groups is 1. The Morgan fingerprint density at radius 3 is 2.88 bits per heavy atom. The van der Waals surface area contributed by atoms with Gasteiger partial charge in [0.15, 0.2) is 12.3 Å². The normalized spacial score (nSPS) is 24.0. The van der Waals surface area contributed by atoms with E-state index in [0.29, 0.717) is 5.69 Å². The molecule has 2 aromatic heterocycles. The Labute approximate surface area is 183 Å². The number of anilines is 1. The molecule has 3 heterocycles. The van der Waals surface area contributed by atoms with Crippen molar-refractivity contribution in [3.8, 4) is 0 Å². The zero-order chi connectivity index (χ0) is 23.0. The summed E-state index contributed by atoms with van der Waals surface area (Å²) in [5.41, 5.74) is -1.23. The van der Waals surface area contributed by atoms with Crippen LogP contribution < -0.4 is 16.6 Å². The molecule has 0 bridgehead atoms. The van der Waals surface area contributed by atoms with Gasteiger partial charge >= 0.3 is 5.69 Å². The van der Waals surface area contributed by atoms with E-state index in [1.54, 1.807) is 5.38 Å². The molecule has 10 nitrogen and oxygen atoms in total. The Morgan fingerprint density at radius 1 is 1.41 bits per heavy atom. The predicted octanol–water partition coefficient (Wildman–Crippen LogP) is 1.01. The van der Waals surface area contributed by atoms with Gasteiger partial charge in [0.05, 0.1) is 18.2 Å². The third kappa shape index (κ3) is 3.87. The van der Waals surface area contributed by atoms with Crippen LogP contribution in [0.1, 0.15) is 24.6 Å². The molecular weight excluding hydrogens is 445 g/mol. The van der Waals surface area contributed by atoms with Crippen molar-refractivity contribution in [2.45, 2.75) is 37.4 Å². The van der Waals surface area contributed by atoms with Crippen LogP contribution in [0, 0.1) is 0 Å². The number of halogens is 1.